The first-order chi connectivity index (χ1) is 16.4. The minimum absolute atomic E-state index is 0.0583. The van der Waals surface area contributed by atoms with Crippen LogP contribution in [0.5, 0.6) is 0 Å². The average molecular weight is 469 g/mol. The zero-order valence-corrected chi connectivity index (χ0v) is 21.6. The van der Waals surface area contributed by atoms with Crippen LogP contribution in [0.3, 0.4) is 0 Å². The number of fused-ring (bicyclic) bond motifs is 2. The molecule has 2 amide bonds. The molecule has 34 heavy (non-hydrogen) atoms. The Hall–Kier alpha value is -2.71. The Morgan fingerprint density at radius 3 is 2.47 bits per heavy atom. The number of aromatic nitrogens is 2. The van der Waals surface area contributed by atoms with Gasteiger partial charge >= 0.3 is 0 Å². The lowest BCUT2D eigenvalue weighted by atomic mass is 10.1. The quantitative estimate of drug-likeness (QED) is 0.537. The Kier molecular flexibility index (Phi) is 8.85. The van der Waals surface area contributed by atoms with E-state index in [0.717, 1.165) is 44.7 Å². The molecule has 2 aromatic rings. The molecule has 1 N–H and O–H groups in total. The number of carbonyl (C=O) groups is 2. The van der Waals surface area contributed by atoms with Gasteiger partial charge in [0.25, 0.3) is 5.91 Å². The number of carbonyl (C=O) groups excluding carboxylic acids is 2. The molecule has 186 valence electrons. The first-order valence-electron chi connectivity index (χ1n) is 12.6. The number of hydrogen-bond donors (Lipinski definition) is 1. The van der Waals surface area contributed by atoms with E-state index in [9.17, 15) is 9.59 Å². The summed E-state index contributed by atoms with van der Waals surface area (Å²) in [5, 5.41) is 7.80. The molecule has 1 aromatic heterocycles. The van der Waals surface area contributed by atoms with Gasteiger partial charge in [-0.1, -0.05) is 46.2 Å². The van der Waals surface area contributed by atoms with Gasteiger partial charge in [0.15, 0.2) is 5.69 Å². The maximum absolute atomic E-state index is 14.1. The van der Waals surface area contributed by atoms with Crippen molar-refractivity contribution in [2.45, 2.75) is 66.5 Å². The maximum atomic E-state index is 14.1. The van der Waals surface area contributed by atoms with Gasteiger partial charge in [0.2, 0.25) is 5.91 Å². The molecule has 8 heteroatoms. The van der Waals surface area contributed by atoms with Crippen LogP contribution in [0.1, 0.15) is 63.6 Å². The van der Waals surface area contributed by atoms with Crippen LogP contribution in [0.2, 0.25) is 0 Å². The normalized spacial score (nSPS) is 14.1. The van der Waals surface area contributed by atoms with E-state index < -0.39 is 0 Å². The topological polar surface area (TPSA) is 73.7 Å². The lowest BCUT2D eigenvalue weighted by Gasteiger charge is -2.32. The van der Waals surface area contributed by atoms with Gasteiger partial charge in [-0.05, 0) is 52.0 Å². The number of anilines is 3. The van der Waals surface area contributed by atoms with Crippen molar-refractivity contribution in [2.75, 3.05) is 43.4 Å². The number of benzene rings is 1. The van der Waals surface area contributed by atoms with Gasteiger partial charge in [-0.3, -0.25) is 24.1 Å². The van der Waals surface area contributed by atoms with Crippen molar-refractivity contribution >= 4 is 28.9 Å². The Morgan fingerprint density at radius 2 is 1.82 bits per heavy atom. The van der Waals surface area contributed by atoms with Crippen LogP contribution >= 0.6 is 0 Å². The van der Waals surface area contributed by atoms with E-state index in [1.165, 1.54) is 0 Å². The summed E-state index contributed by atoms with van der Waals surface area (Å²) < 4.78 is 1.79. The van der Waals surface area contributed by atoms with Crippen molar-refractivity contribution in [3.63, 3.8) is 0 Å². The third-order valence-electron chi connectivity index (χ3n) is 6.79. The Morgan fingerprint density at radius 1 is 1.12 bits per heavy atom. The summed E-state index contributed by atoms with van der Waals surface area (Å²) in [6, 6.07) is 7.16. The van der Waals surface area contributed by atoms with E-state index >= 15 is 0 Å². The molecule has 0 radical (unpaired) electrons. The molecule has 0 bridgehead atoms. The predicted octanol–water partition coefficient (Wildman–Crippen LogP) is 4.14. The number of rotatable bonds is 11. The number of unbranched alkanes of at least 4 members (excludes halogenated alkanes) is 1. The van der Waals surface area contributed by atoms with Crippen molar-refractivity contribution in [3.05, 3.63) is 35.7 Å². The molecule has 1 atom stereocenters. The second-order valence-corrected chi connectivity index (χ2v) is 8.90. The minimum Gasteiger partial charge on any atom is -0.319 e. The maximum Gasteiger partial charge on any atom is 0.276 e. The monoisotopic (exact) mass is 468 g/mol. The molecule has 1 aliphatic rings. The fraction of sp³-hybridized carbons (Fsp3) is 0.577. The number of hydrogen-bond acceptors (Lipinski definition) is 5. The number of aryl methyl sites for hydroxylation is 2. The molecule has 0 aliphatic carbocycles. The van der Waals surface area contributed by atoms with Crippen molar-refractivity contribution in [1.82, 2.24) is 19.6 Å². The van der Waals surface area contributed by atoms with Crippen molar-refractivity contribution in [1.29, 1.82) is 0 Å². The number of amides is 2. The van der Waals surface area contributed by atoms with Gasteiger partial charge in [0.1, 0.15) is 5.69 Å². The predicted molar refractivity (Wildman–Crippen MR) is 138 cm³/mol. The van der Waals surface area contributed by atoms with Gasteiger partial charge in [-0.2, -0.15) is 5.10 Å². The van der Waals surface area contributed by atoms with Crippen LogP contribution in [-0.4, -0.2) is 70.7 Å². The zero-order valence-electron chi connectivity index (χ0n) is 21.6. The van der Waals surface area contributed by atoms with Gasteiger partial charge in [-0.25, -0.2) is 0 Å². The SMILES string of the molecule is CCCCn1nc(CC)c2c1C(=O)Nc1ccccc1N2C(=O)C(C)N(C)CCN(CC)CC. The molecule has 0 spiro atoms. The van der Waals surface area contributed by atoms with Gasteiger partial charge in [-0.15, -0.1) is 0 Å². The summed E-state index contributed by atoms with van der Waals surface area (Å²) >= 11 is 0. The highest BCUT2D eigenvalue weighted by Gasteiger charge is 2.37. The Balaban J connectivity index is 2.05. The smallest absolute Gasteiger partial charge is 0.276 e. The highest BCUT2D eigenvalue weighted by molar-refractivity contribution is 6.18. The standard InChI is InChI=1S/C26H40N6O2/c1-7-11-16-31-24-23(20(8-2)28-31)32(22-15-13-12-14-21(22)27-25(24)33)26(34)19(5)29(6)17-18-30(9-3)10-4/h12-15,19H,7-11,16-18H2,1-6H3,(H,27,33). The lowest BCUT2D eigenvalue weighted by Crippen LogP contribution is -2.46. The minimum atomic E-state index is -0.367. The van der Waals surface area contributed by atoms with Crippen LogP contribution in [0.4, 0.5) is 17.1 Å². The summed E-state index contributed by atoms with van der Waals surface area (Å²) in [6.07, 6.45) is 2.54. The van der Waals surface area contributed by atoms with Crippen molar-refractivity contribution in [3.8, 4) is 0 Å². The lowest BCUT2D eigenvalue weighted by molar-refractivity contribution is -0.122. The molecular formula is C26H40N6O2. The molecule has 1 aromatic carbocycles. The molecule has 8 nitrogen and oxygen atoms in total. The molecular weight excluding hydrogens is 428 g/mol. The molecule has 0 fully saturated rings. The molecule has 0 saturated carbocycles. The van der Waals surface area contributed by atoms with E-state index in [1.807, 2.05) is 45.2 Å². The molecule has 3 rings (SSSR count). The Bertz CT molecular complexity index is 997. The third kappa shape index (κ3) is 5.18. The summed E-state index contributed by atoms with van der Waals surface area (Å²) in [4.78, 5) is 33.6. The highest BCUT2D eigenvalue weighted by Crippen LogP contribution is 2.40. The van der Waals surface area contributed by atoms with Crippen molar-refractivity contribution < 1.29 is 9.59 Å². The molecule has 0 saturated heterocycles. The van der Waals surface area contributed by atoms with Crippen LogP contribution in [0, 0.1) is 0 Å². The van der Waals surface area contributed by atoms with Gasteiger partial charge < -0.3 is 10.2 Å². The summed E-state index contributed by atoms with van der Waals surface area (Å²) in [7, 11) is 1.99. The van der Waals surface area contributed by atoms with E-state index in [1.54, 1.807) is 9.58 Å². The van der Waals surface area contributed by atoms with Crippen LogP contribution in [-0.2, 0) is 17.8 Å². The van der Waals surface area contributed by atoms with Gasteiger partial charge in [0, 0.05) is 19.6 Å². The molecule has 1 aliphatic heterocycles. The largest absolute Gasteiger partial charge is 0.319 e. The number of nitrogens with zero attached hydrogens (tertiary/aromatic N) is 5. The summed E-state index contributed by atoms with van der Waals surface area (Å²) in [5.74, 6) is -0.277. The fourth-order valence-electron chi connectivity index (χ4n) is 4.38. The van der Waals surface area contributed by atoms with Crippen molar-refractivity contribution in [2.24, 2.45) is 0 Å². The zero-order chi connectivity index (χ0) is 24.8. The van der Waals surface area contributed by atoms with E-state index in [2.05, 4.69) is 35.9 Å². The second kappa shape index (κ2) is 11.6. The highest BCUT2D eigenvalue weighted by atomic mass is 16.2. The first kappa shape index (κ1) is 25.9. The second-order valence-electron chi connectivity index (χ2n) is 8.90. The summed E-state index contributed by atoms with van der Waals surface area (Å²) in [5.41, 5.74) is 3.18. The van der Waals surface area contributed by atoms with E-state index in [-0.39, 0.29) is 17.9 Å². The fourth-order valence-corrected chi connectivity index (χ4v) is 4.38. The van der Waals surface area contributed by atoms with E-state index in [4.69, 9.17) is 5.10 Å². The third-order valence-corrected chi connectivity index (χ3v) is 6.79. The summed E-state index contributed by atoms with van der Waals surface area (Å²) in [6.45, 7) is 14.7. The van der Waals surface area contributed by atoms with Gasteiger partial charge in [0.05, 0.1) is 23.1 Å². The molecule has 1 unspecified atom stereocenters. The number of nitrogens with one attached hydrogen (secondary N) is 1. The Labute approximate surface area is 203 Å². The molecule has 2 heterocycles. The van der Waals surface area contributed by atoms with Crippen LogP contribution < -0.4 is 10.2 Å². The average Bonchev–Trinajstić information content (AvgIpc) is 3.15. The van der Waals surface area contributed by atoms with Crippen LogP contribution in [0.15, 0.2) is 24.3 Å². The number of para-hydroxylation sites is 2. The van der Waals surface area contributed by atoms with Crippen LogP contribution in [0.25, 0.3) is 0 Å². The van der Waals surface area contributed by atoms with E-state index in [0.29, 0.717) is 35.7 Å². The first-order valence-corrected chi connectivity index (χ1v) is 12.6. The number of likely N-dealkylation sites (N-methyl/N-ethyl adjacent to an activating group) is 2.